The highest BCUT2D eigenvalue weighted by Crippen LogP contribution is 2.27. The lowest BCUT2D eigenvalue weighted by Crippen LogP contribution is -2.19. The van der Waals surface area contributed by atoms with Crippen molar-refractivity contribution in [2.45, 2.75) is 39.4 Å². The van der Waals surface area contributed by atoms with E-state index in [1.165, 1.54) is 0 Å². The summed E-state index contributed by atoms with van der Waals surface area (Å²) in [7, 11) is 0. The molecule has 5 heteroatoms. The van der Waals surface area contributed by atoms with E-state index in [1.54, 1.807) is 6.07 Å². The van der Waals surface area contributed by atoms with Gasteiger partial charge in [0.15, 0.2) is 0 Å². The average Bonchev–Trinajstić information content (AvgIpc) is 2.29. The van der Waals surface area contributed by atoms with E-state index < -0.39 is 12.6 Å². The van der Waals surface area contributed by atoms with Crippen LogP contribution in [0.3, 0.4) is 0 Å². The van der Waals surface area contributed by atoms with Crippen LogP contribution in [0.15, 0.2) is 18.2 Å². The molecule has 108 valence electrons. The molecule has 19 heavy (non-hydrogen) atoms. The Morgan fingerprint density at radius 3 is 2.58 bits per heavy atom. The summed E-state index contributed by atoms with van der Waals surface area (Å²) in [6.45, 7) is 6.34. The van der Waals surface area contributed by atoms with Crippen LogP contribution < -0.4 is 10.1 Å². The van der Waals surface area contributed by atoms with Gasteiger partial charge < -0.3 is 10.1 Å². The number of nitrogens with one attached hydrogen (secondary N) is 1. The molecule has 1 aromatic rings. The van der Waals surface area contributed by atoms with Crippen LogP contribution in [-0.4, -0.2) is 19.3 Å². The number of rotatable bonds is 6. The van der Waals surface area contributed by atoms with Crippen LogP contribution in [0.2, 0.25) is 0 Å². The van der Waals surface area contributed by atoms with Gasteiger partial charge >= 0.3 is 6.18 Å². The minimum atomic E-state index is -4.18. The molecule has 0 aromatic heterocycles. The molecule has 1 atom stereocenters. The minimum absolute atomic E-state index is 0.0470. The molecule has 1 aromatic carbocycles. The van der Waals surface area contributed by atoms with E-state index in [0.717, 1.165) is 17.7 Å². The van der Waals surface area contributed by atoms with Crippen LogP contribution in [0.4, 0.5) is 13.2 Å². The Bertz CT molecular complexity index is 404. The number of hydrogen-bond acceptors (Lipinski definition) is 2. The normalized spacial score (nSPS) is 13.4. The molecule has 0 bridgehead atoms. The van der Waals surface area contributed by atoms with Crippen molar-refractivity contribution >= 4 is 0 Å². The summed E-state index contributed by atoms with van der Waals surface area (Å²) < 4.78 is 41.6. The van der Waals surface area contributed by atoms with E-state index in [0.29, 0.717) is 5.75 Å². The predicted molar refractivity (Wildman–Crippen MR) is 69.4 cm³/mol. The first-order chi connectivity index (χ1) is 8.83. The van der Waals surface area contributed by atoms with E-state index in [9.17, 15) is 13.2 Å². The average molecular weight is 275 g/mol. The van der Waals surface area contributed by atoms with Crippen LogP contribution in [-0.2, 0) is 0 Å². The highest BCUT2D eigenvalue weighted by Gasteiger charge is 2.27. The molecule has 1 unspecified atom stereocenters. The smallest absolute Gasteiger partial charge is 0.392 e. The van der Waals surface area contributed by atoms with E-state index in [4.69, 9.17) is 4.74 Å². The molecule has 0 heterocycles. The Balaban J connectivity index is 2.76. The molecule has 1 rings (SSSR count). The van der Waals surface area contributed by atoms with Gasteiger partial charge in [-0.05, 0) is 26.5 Å². The number of aryl methyl sites for hydroxylation is 1. The molecule has 0 aliphatic heterocycles. The quantitative estimate of drug-likeness (QED) is 0.847. The summed E-state index contributed by atoms with van der Waals surface area (Å²) in [5.74, 6) is 0.517. The van der Waals surface area contributed by atoms with Crippen LogP contribution in [0.25, 0.3) is 0 Å². The highest BCUT2D eigenvalue weighted by atomic mass is 19.4. The highest BCUT2D eigenvalue weighted by molar-refractivity contribution is 5.38. The Labute approximate surface area is 112 Å². The van der Waals surface area contributed by atoms with Crippen molar-refractivity contribution in [3.8, 4) is 5.75 Å². The second-order valence-electron chi connectivity index (χ2n) is 4.53. The lowest BCUT2D eigenvalue weighted by molar-refractivity contribution is -0.139. The number of hydrogen-bond donors (Lipinski definition) is 1. The number of halogens is 3. The first-order valence-corrected chi connectivity index (χ1v) is 6.37. The van der Waals surface area contributed by atoms with Crippen molar-refractivity contribution < 1.29 is 17.9 Å². The fraction of sp³-hybridized carbons (Fsp3) is 0.571. The van der Waals surface area contributed by atoms with Crippen molar-refractivity contribution in [1.29, 1.82) is 0 Å². The van der Waals surface area contributed by atoms with Gasteiger partial charge in [0.05, 0.1) is 13.0 Å². The maximum absolute atomic E-state index is 12.1. The van der Waals surface area contributed by atoms with Gasteiger partial charge in [-0.3, -0.25) is 0 Å². The van der Waals surface area contributed by atoms with Crippen LogP contribution in [0.1, 0.15) is 37.4 Å². The molecule has 0 saturated carbocycles. The summed E-state index contributed by atoms with van der Waals surface area (Å²) in [5.41, 5.74) is 1.95. The first kappa shape index (κ1) is 15.8. The van der Waals surface area contributed by atoms with Crippen molar-refractivity contribution in [2.24, 2.45) is 0 Å². The third kappa shape index (κ3) is 5.51. The number of benzene rings is 1. The molecule has 1 N–H and O–H groups in total. The second kappa shape index (κ2) is 6.80. The number of alkyl halides is 3. The zero-order valence-corrected chi connectivity index (χ0v) is 11.5. The van der Waals surface area contributed by atoms with Crippen LogP contribution in [0, 0.1) is 6.92 Å². The molecule has 0 aliphatic rings. The lowest BCUT2D eigenvalue weighted by Gasteiger charge is -2.18. The third-order valence-corrected chi connectivity index (χ3v) is 2.79. The minimum Gasteiger partial charge on any atom is -0.493 e. The molecule has 0 spiro atoms. The maximum atomic E-state index is 12.1. The van der Waals surface area contributed by atoms with Crippen molar-refractivity contribution in [2.75, 3.05) is 13.2 Å². The summed E-state index contributed by atoms with van der Waals surface area (Å²) in [6.07, 6.45) is -5.12. The third-order valence-electron chi connectivity index (χ3n) is 2.79. The van der Waals surface area contributed by atoms with E-state index in [1.807, 2.05) is 32.9 Å². The van der Waals surface area contributed by atoms with Gasteiger partial charge in [0, 0.05) is 11.6 Å². The van der Waals surface area contributed by atoms with Crippen molar-refractivity contribution in [3.05, 3.63) is 29.3 Å². The molecule has 0 aliphatic carbocycles. The van der Waals surface area contributed by atoms with E-state index in [2.05, 4.69) is 5.32 Å². The zero-order chi connectivity index (χ0) is 14.5. The molecule has 0 saturated heterocycles. The van der Waals surface area contributed by atoms with Gasteiger partial charge in [-0.2, -0.15) is 13.2 Å². The van der Waals surface area contributed by atoms with Gasteiger partial charge in [0.2, 0.25) is 0 Å². The van der Waals surface area contributed by atoms with Gasteiger partial charge in [0.1, 0.15) is 5.75 Å². The van der Waals surface area contributed by atoms with Crippen molar-refractivity contribution in [3.63, 3.8) is 0 Å². The molecular weight excluding hydrogens is 255 g/mol. The summed E-state index contributed by atoms with van der Waals surface area (Å²) in [6, 6.07) is 5.56. The maximum Gasteiger partial charge on any atom is 0.392 e. The molecule has 0 radical (unpaired) electrons. The summed E-state index contributed by atoms with van der Waals surface area (Å²) >= 11 is 0. The van der Waals surface area contributed by atoms with Gasteiger partial charge in [0.25, 0.3) is 0 Å². The SMILES string of the molecule is CCNC(C)c1cc(C)ccc1OCCC(F)(F)F. The van der Waals surface area contributed by atoms with Crippen LogP contribution >= 0.6 is 0 Å². The fourth-order valence-corrected chi connectivity index (χ4v) is 1.83. The van der Waals surface area contributed by atoms with Gasteiger partial charge in [-0.1, -0.05) is 24.6 Å². The Hall–Kier alpha value is -1.23. The fourth-order valence-electron chi connectivity index (χ4n) is 1.83. The first-order valence-electron chi connectivity index (χ1n) is 6.37. The molecule has 0 fully saturated rings. The lowest BCUT2D eigenvalue weighted by atomic mass is 10.0. The zero-order valence-electron chi connectivity index (χ0n) is 11.5. The van der Waals surface area contributed by atoms with Crippen molar-refractivity contribution in [1.82, 2.24) is 5.32 Å². The van der Waals surface area contributed by atoms with E-state index in [-0.39, 0.29) is 12.6 Å². The second-order valence-corrected chi connectivity index (χ2v) is 4.53. The van der Waals surface area contributed by atoms with E-state index >= 15 is 0 Å². The van der Waals surface area contributed by atoms with Gasteiger partial charge in [-0.25, -0.2) is 0 Å². The molecule has 0 amide bonds. The summed E-state index contributed by atoms with van der Waals surface area (Å²) in [5, 5.41) is 3.23. The van der Waals surface area contributed by atoms with Gasteiger partial charge in [-0.15, -0.1) is 0 Å². The number of ether oxygens (including phenoxy) is 1. The Kier molecular flexibility index (Phi) is 5.66. The standard InChI is InChI=1S/C14H20F3NO/c1-4-18-11(3)12-9-10(2)5-6-13(12)19-8-7-14(15,16)17/h5-6,9,11,18H,4,7-8H2,1-3H3. The van der Waals surface area contributed by atoms with Crippen LogP contribution in [0.5, 0.6) is 5.75 Å². The monoisotopic (exact) mass is 275 g/mol. The summed E-state index contributed by atoms with van der Waals surface area (Å²) in [4.78, 5) is 0. The predicted octanol–water partition coefficient (Wildman–Crippen LogP) is 4.00. The molecule has 2 nitrogen and oxygen atoms in total. The Morgan fingerprint density at radius 1 is 1.32 bits per heavy atom. The largest absolute Gasteiger partial charge is 0.493 e. The molecular formula is C14H20F3NO. The Morgan fingerprint density at radius 2 is 2.00 bits per heavy atom. The topological polar surface area (TPSA) is 21.3 Å².